The van der Waals surface area contributed by atoms with Crippen LogP contribution in [0.3, 0.4) is 0 Å². The van der Waals surface area contributed by atoms with Crippen LogP contribution >= 0.6 is 0 Å². The van der Waals surface area contributed by atoms with Crippen LogP contribution in [-0.2, 0) is 17.4 Å². The molecule has 72 valence electrons. The summed E-state index contributed by atoms with van der Waals surface area (Å²) < 4.78 is 15.8. The Hall–Kier alpha value is -0.870. The highest BCUT2D eigenvalue weighted by Gasteiger charge is 2.01. The van der Waals surface area contributed by atoms with E-state index in [1.54, 1.807) is 7.11 Å². The molecule has 1 aromatic carbocycles. The molecule has 0 aliphatic rings. The Balaban J connectivity index is 2.69. The summed E-state index contributed by atoms with van der Waals surface area (Å²) in [5.41, 5.74) is 1.05. The molecule has 0 bridgehead atoms. The number of hydrogen-bond acceptors (Lipinski definition) is 2. The summed E-state index contributed by atoms with van der Waals surface area (Å²) in [5.74, 6) is 1.30. The molecule has 0 aromatic heterocycles. The Labute approximate surface area is 80.5 Å². The molecular weight excluding hydrogens is 186 g/mol. The zero-order chi connectivity index (χ0) is 9.68. The quantitative estimate of drug-likeness (QED) is 0.782. The van der Waals surface area contributed by atoms with Crippen molar-refractivity contribution < 1.29 is 8.95 Å². The summed E-state index contributed by atoms with van der Waals surface area (Å²) in [6.07, 6.45) is 0.688. The van der Waals surface area contributed by atoms with E-state index in [-0.39, 0.29) is 0 Å². The maximum absolute atomic E-state index is 10.7. The molecule has 1 rings (SSSR count). The van der Waals surface area contributed by atoms with Gasteiger partial charge in [-0.3, -0.25) is 5.14 Å². The molecule has 0 radical (unpaired) electrons. The van der Waals surface area contributed by atoms with Gasteiger partial charge in [0.15, 0.2) is 0 Å². The molecule has 0 amide bonds. The highest BCUT2D eigenvalue weighted by Crippen LogP contribution is 2.17. The minimum absolute atomic E-state index is 0.473. The van der Waals surface area contributed by atoms with Gasteiger partial charge in [0.2, 0.25) is 0 Å². The summed E-state index contributed by atoms with van der Waals surface area (Å²) in [7, 11) is 0.391. The Morgan fingerprint density at radius 2 is 2.15 bits per heavy atom. The van der Waals surface area contributed by atoms with Gasteiger partial charge in [0, 0.05) is 5.75 Å². The Bertz CT molecular complexity index is 301. The molecule has 0 saturated heterocycles. The predicted octanol–water partition coefficient (Wildman–Crippen LogP) is 0.860. The van der Waals surface area contributed by atoms with Crippen LogP contribution in [0.1, 0.15) is 5.56 Å². The van der Waals surface area contributed by atoms with Gasteiger partial charge in [-0.25, -0.2) is 4.21 Å². The summed E-state index contributed by atoms with van der Waals surface area (Å²) >= 11 is 0. The largest absolute Gasteiger partial charge is 0.496 e. The standard InChI is InChI=1S/C9H13NO2S/c1-12-9-5-3-2-4-8(9)6-7-13(10)11/h2-5H,6-7,10H2,1H3/t13-/m1/s1. The first-order chi connectivity index (χ1) is 6.24. The van der Waals surface area contributed by atoms with Crippen LogP contribution in [0, 0.1) is 0 Å². The van der Waals surface area contributed by atoms with Crippen molar-refractivity contribution in [1.82, 2.24) is 0 Å². The molecule has 0 aliphatic heterocycles. The first kappa shape index (κ1) is 10.2. The molecule has 4 heteroatoms. The second-order valence-corrected chi connectivity index (χ2v) is 3.82. The average Bonchev–Trinajstić information content (AvgIpc) is 2.15. The van der Waals surface area contributed by atoms with E-state index in [4.69, 9.17) is 9.88 Å². The summed E-state index contributed by atoms with van der Waals surface area (Å²) in [6, 6.07) is 7.67. The zero-order valence-electron chi connectivity index (χ0n) is 7.53. The number of methoxy groups -OCH3 is 1. The molecule has 13 heavy (non-hydrogen) atoms. The lowest BCUT2D eigenvalue weighted by molar-refractivity contribution is 0.410. The molecule has 1 atom stereocenters. The first-order valence-corrected chi connectivity index (χ1v) is 5.37. The van der Waals surface area contributed by atoms with Crippen LogP contribution in [0.25, 0.3) is 0 Å². The summed E-state index contributed by atoms with van der Waals surface area (Å²) in [4.78, 5) is 0. The minimum Gasteiger partial charge on any atom is -0.496 e. The van der Waals surface area contributed by atoms with Crippen LogP contribution < -0.4 is 9.88 Å². The highest BCUT2D eigenvalue weighted by atomic mass is 32.2. The molecule has 0 fully saturated rings. The molecule has 0 unspecified atom stereocenters. The molecule has 1 aromatic rings. The van der Waals surface area contributed by atoms with Crippen LogP contribution in [-0.4, -0.2) is 17.1 Å². The number of aryl methyl sites for hydroxylation is 1. The number of nitrogens with two attached hydrogens (primary N) is 1. The SMILES string of the molecule is COc1ccccc1CC[S@](N)=O. The van der Waals surface area contributed by atoms with Gasteiger partial charge in [-0.15, -0.1) is 0 Å². The van der Waals surface area contributed by atoms with Gasteiger partial charge in [-0.2, -0.15) is 0 Å². The summed E-state index contributed by atoms with van der Waals surface area (Å²) in [5, 5.41) is 5.16. The molecule has 0 heterocycles. The van der Waals surface area contributed by atoms with Crippen molar-refractivity contribution in [2.24, 2.45) is 5.14 Å². The first-order valence-electron chi connectivity index (χ1n) is 3.98. The van der Waals surface area contributed by atoms with Crippen molar-refractivity contribution in [3.63, 3.8) is 0 Å². The Morgan fingerprint density at radius 3 is 2.77 bits per heavy atom. The fourth-order valence-corrected chi connectivity index (χ4v) is 1.54. The summed E-state index contributed by atoms with van der Waals surface area (Å²) in [6.45, 7) is 0. The molecule has 2 N–H and O–H groups in total. The van der Waals surface area contributed by atoms with Crippen molar-refractivity contribution in [3.8, 4) is 5.75 Å². The molecule has 0 saturated carbocycles. The van der Waals surface area contributed by atoms with E-state index >= 15 is 0 Å². The number of benzene rings is 1. The second kappa shape index (κ2) is 4.99. The lowest BCUT2D eigenvalue weighted by atomic mass is 10.1. The zero-order valence-corrected chi connectivity index (χ0v) is 8.34. The topological polar surface area (TPSA) is 52.3 Å². The van der Waals surface area contributed by atoms with Crippen molar-refractivity contribution in [3.05, 3.63) is 29.8 Å². The molecular formula is C9H13NO2S. The van der Waals surface area contributed by atoms with Gasteiger partial charge in [0.25, 0.3) is 0 Å². The minimum atomic E-state index is -1.23. The monoisotopic (exact) mass is 199 g/mol. The van der Waals surface area contributed by atoms with Crippen LogP contribution in [0.15, 0.2) is 24.3 Å². The highest BCUT2D eigenvalue weighted by molar-refractivity contribution is 7.82. The third-order valence-corrected chi connectivity index (χ3v) is 2.37. The molecule has 3 nitrogen and oxygen atoms in total. The van der Waals surface area contributed by atoms with E-state index in [2.05, 4.69) is 0 Å². The predicted molar refractivity (Wildman–Crippen MR) is 53.9 cm³/mol. The van der Waals surface area contributed by atoms with Crippen LogP contribution in [0.4, 0.5) is 0 Å². The van der Waals surface area contributed by atoms with Crippen molar-refractivity contribution >= 4 is 11.0 Å². The van der Waals surface area contributed by atoms with Crippen LogP contribution in [0.2, 0.25) is 0 Å². The normalized spacial score (nSPS) is 12.5. The maximum Gasteiger partial charge on any atom is 0.122 e. The third kappa shape index (κ3) is 3.16. The Morgan fingerprint density at radius 1 is 1.46 bits per heavy atom. The van der Waals surface area contributed by atoms with Gasteiger partial charge < -0.3 is 4.74 Å². The van der Waals surface area contributed by atoms with Crippen molar-refractivity contribution in [2.75, 3.05) is 12.9 Å². The lowest BCUT2D eigenvalue weighted by Gasteiger charge is -2.06. The van der Waals surface area contributed by atoms with E-state index in [9.17, 15) is 4.21 Å². The fraction of sp³-hybridized carbons (Fsp3) is 0.333. The van der Waals surface area contributed by atoms with E-state index < -0.39 is 11.0 Å². The van der Waals surface area contributed by atoms with Crippen LogP contribution in [0.5, 0.6) is 5.75 Å². The number of hydrogen-bond donors (Lipinski definition) is 1. The lowest BCUT2D eigenvalue weighted by Crippen LogP contribution is -2.09. The number of ether oxygens (including phenoxy) is 1. The van der Waals surface area contributed by atoms with E-state index in [0.717, 1.165) is 11.3 Å². The van der Waals surface area contributed by atoms with Gasteiger partial charge in [-0.1, -0.05) is 18.2 Å². The maximum atomic E-state index is 10.7. The van der Waals surface area contributed by atoms with Gasteiger partial charge in [-0.05, 0) is 18.1 Å². The Kier molecular flexibility index (Phi) is 3.92. The van der Waals surface area contributed by atoms with Gasteiger partial charge >= 0.3 is 0 Å². The fourth-order valence-electron chi connectivity index (χ4n) is 1.12. The van der Waals surface area contributed by atoms with Gasteiger partial charge in [0.1, 0.15) is 5.75 Å². The smallest absolute Gasteiger partial charge is 0.122 e. The third-order valence-electron chi connectivity index (χ3n) is 1.77. The van der Waals surface area contributed by atoms with Gasteiger partial charge in [0.05, 0.1) is 18.1 Å². The molecule has 0 aliphatic carbocycles. The van der Waals surface area contributed by atoms with E-state index in [1.165, 1.54) is 0 Å². The number of para-hydroxylation sites is 1. The van der Waals surface area contributed by atoms with Crippen molar-refractivity contribution in [1.29, 1.82) is 0 Å². The average molecular weight is 199 g/mol. The van der Waals surface area contributed by atoms with E-state index in [1.807, 2.05) is 24.3 Å². The number of rotatable bonds is 4. The molecule has 0 spiro atoms. The van der Waals surface area contributed by atoms with Crippen molar-refractivity contribution in [2.45, 2.75) is 6.42 Å². The van der Waals surface area contributed by atoms with E-state index in [0.29, 0.717) is 12.2 Å². The second-order valence-electron chi connectivity index (χ2n) is 2.65.